The van der Waals surface area contributed by atoms with E-state index in [4.69, 9.17) is 9.47 Å². The van der Waals surface area contributed by atoms with E-state index in [1.165, 1.54) is 30.5 Å². The second-order valence-corrected chi connectivity index (χ2v) is 9.13. The smallest absolute Gasteiger partial charge is 0.280 e. The fourth-order valence-electron chi connectivity index (χ4n) is 3.66. The number of benzene rings is 2. The van der Waals surface area contributed by atoms with Crippen LogP contribution in [0.5, 0.6) is 11.5 Å². The zero-order valence-corrected chi connectivity index (χ0v) is 19.8. The number of aromatic nitrogens is 1. The summed E-state index contributed by atoms with van der Waals surface area (Å²) in [4.78, 5) is 29.9. The van der Waals surface area contributed by atoms with Crippen LogP contribution in [0.15, 0.2) is 59.6 Å². The van der Waals surface area contributed by atoms with Gasteiger partial charge in [-0.25, -0.2) is 12.8 Å². The maximum Gasteiger partial charge on any atom is 0.280 e. The lowest BCUT2D eigenvalue weighted by Gasteiger charge is -2.19. The summed E-state index contributed by atoms with van der Waals surface area (Å²) in [6, 6.07) is 10.8. The molecule has 0 unspecified atom stereocenters. The molecular formula is C24H22FN3O6S. The maximum absolute atomic E-state index is 14.2. The molecule has 2 heterocycles. The molecule has 0 spiro atoms. The highest BCUT2D eigenvalue weighted by Gasteiger charge is 2.37. The number of halogens is 1. The van der Waals surface area contributed by atoms with Gasteiger partial charge in [0.05, 0.1) is 35.9 Å². The molecule has 1 aliphatic heterocycles. The van der Waals surface area contributed by atoms with E-state index in [1.54, 1.807) is 26.0 Å². The van der Waals surface area contributed by atoms with Crippen LogP contribution in [-0.4, -0.2) is 43.3 Å². The van der Waals surface area contributed by atoms with Crippen molar-refractivity contribution in [2.45, 2.75) is 25.3 Å². The predicted molar refractivity (Wildman–Crippen MR) is 124 cm³/mol. The first kappa shape index (κ1) is 24.1. The number of fused-ring (bicyclic) bond motifs is 1. The SMILES string of the molecule is CCOc1ccc(OCC)c(NS(=O)(=O)c2cc(F)ccc2CN2C(=O)c3cccnc3C2=O)c1. The number of rotatable bonds is 9. The predicted octanol–water partition coefficient (Wildman–Crippen LogP) is 3.62. The molecule has 4 rings (SSSR count). The van der Waals surface area contributed by atoms with Gasteiger partial charge in [-0.05, 0) is 55.8 Å². The minimum absolute atomic E-state index is 0.0174. The number of pyridine rings is 1. The van der Waals surface area contributed by atoms with Crippen LogP contribution in [0.4, 0.5) is 10.1 Å². The molecule has 0 atom stereocenters. The van der Waals surface area contributed by atoms with Crippen molar-refractivity contribution in [2.24, 2.45) is 0 Å². The van der Waals surface area contributed by atoms with Crippen LogP contribution in [-0.2, 0) is 16.6 Å². The highest BCUT2D eigenvalue weighted by molar-refractivity contribution is 7.92. The molecule has 1 N–H and O–H groups in total. The van der Waals surface area contributed by atoms with Gasteiger partial charge in [0.15, 0.2) is 0 Å². The number of nitrogens with one attached hydrogen (secondary N) is 1. The van der Waals surface area contributed by atoms with Crippen molar-refractivity contribution in [2.75, 3.05) is 17.9 Å². The third-order valence-corrected chi connectivity index (χ3v) is 6.63. The fourth-order valence-corrected chi connectivity index (χ4v) is 4.97. The summed E-state index contributed by atoms with van der Waals surface area (Å²) in [5.41, 5.74) is 0.248. The number of hydrogen-bond donors (Lipinski definition) is 1. The lowest BCUT2D eigenvalue weighted by molar-refractivity contribution is 0.0639. The molecule has 1 aliphatic rings. The van der Waals surface area contributed by atoms with E-state index in [0.717, 1.165) is 17.0 Å². The normalized spacial score (nSPS) is 13.1. The summed E-state index contributed by atoms with van der Waals surface area (Å²) in [5, 5.41) is 0. The number of hydrogen-bond acceptors (Lipinski definition) is 7. The standard InChI is InChI=1S/C24H22FN3O6S/c1-3-33-17-9-10-20(34-4-2)19(13-17)27-35(31,32)21-12-16(25)8-7-15(21)14-28-23(29)18-6-5-11-26-22(18)24(28)30/h5-13,27H,3-4,14H2,1-2H3. The molecule has 35 heavy (non-hydrogen) atoms. The Morgan fingerprint density at radius 2 is 1.77 bits per heavy atom. The molecule has 0 aliphatic carbocycles. The van der Waals surface area contributed by atoms with Crippen LogP contribution in [0.25, 0.3) is 0 Å². The molecule has 182 valence electrons. The Labute approximate surface area is 201 Å². The highest BCUT2D eigenvalue weighted by atomic mass is 32.2. The summed E-state index contributed by atoms with van der Waals surface area (Å²) in [5.74, 6) is -1.40. The van der Waals surface area contributed by atoms with Crippen molar-refractivity contribution in [1.29, 1.82) is 0 Å². The summed E-state index contributed by atoms with van der Waals surface area (Å²) in [6.07, 6.45) is 1.39. The molecule has 3 aromatic rings. The van der Waals surface area contributed by atoms with E-state index in [-0.39, 0.29) is 41.4 Å². The van der Waals surface area contributed by atoms with Gasteiger partial charge in [0.2, 0.25) is 0 Å². The van der Waals surface area contributed by atoms with Crippen molar-refractivity contribution >= 4 is 27.5 Å². The Kier molecular flexibility index (Phi) is 6.70. The molecule has 1 aromatic heterocycles. The maximum atomic E-state index is 14.2. The Balaban J connectivity index is 1.70. The number of imide groups is 1. The molecule has 0 fully saturated rings. The first-order valence-electron chi connectivity index (χ1n) is 10.8. The van der Waals surface area contributed by atoms with Crippen LogP contribution in [0.3, 0.4) is 0 Å². The van der Waals surface area contributed by atoms with Crippen LogP contribution in [0, 0.1) is 5.82 Å². The molecule has 0 radical (unpaired) electrons. The molecule has 2 aromatic carbocycles. The Hall–Kier alpha value is -3.99. The second kappa shape index (κ2) is 9.71. The summed E-state index contributed by atoms with van der Waals surface area (Å²) in [7, 11) is -4.37. The summed E-state index contributed by atoms with van der Waals surface area (Å²) < 4.78 is 54.3. The number of ether oxygens (including phenoxy) is 2. The van der Waals surface area contributed by atoms with Crippen LogP contribution in [0.2, 0.25) is 0 Å². The average Bonchev–Trinajstić information content (AvgIpc) is 3.07. The highest BCUT2D eigenvalue weighted by Crippen LogP contribution is 2.33. The molecule has 9 nitrogen and oxygen atoms in total. The van der Waals surface area contributed by atoms with Gasteiger partial charge in [-0.1, -0.05) is 6.07 Å². The van der Waals surface area contributed by atoms with Gasteiger partial charge >= 0.3 is 0 Å². The van der Waals surface area contributed by atoms with E-state index in [9.17, 15) is 22.4 Å². The van der Waals surface area contributed by atoms with Gasteiger partial charge < -0.3 is 9.47 Å². The third-order valence-electron chi connectivity index (χ3n) is 5.18. The van der Waals surface area contributed by atoms with Gasteiger partial charge in [-0.3, -0.25) is 24.2 Å². The van der Waals surface area contributed by atoms with Crippen molar-refractivity contribution in [1.82, 2.24) is 9.88 Å². The molecular weight excluding hydrogens is 477 g/mol. The van der Waals surface area contributed by atoms with E-state index >= 15 is 0 Å². The zero-order valence-electron chi connectivity index (χ0n) is 18.9. The molecule has 11 heteroatoms. The third kappa shape index (κ3) is 4.80. The minimum atomic E-state index is -4.37. The molecule has 0 saturated carbocycles. The topological polar surface area (TPSA) is 115 Å². The summed E-state index contributed by atoms with van der Waals surface area (Å²) in [6.45, 7) is 3.79. The van der Waals surface area contributed by atoms with Crippen molar-refractivity contribution in [3.05, 3.63) is 77.4 Å². The zero-order chi connectivity index (χ0) is 25.2. The molecule has 2 amide bonds. The number of nitrogens with zero attached hydrogens (tertiary/aromatic N) is 2. The second-order valence-electron chi connectivity index (χ2n) is 7.48. The van der Waals surface area contributed by atoms with Gasteiger partial charge in [-0.2, -0.15) is 0 Å². The van der Waals surface area contributed by atoms with Gasteiger partial charge in [0, 0.05) is 12.3 Å². The van der Waals surface area contributed by atoms with E-state index in [0.29, 0.717) is 12.4 Å². The van der Waals surface area contributed by atoms with E-state index in [2.05, 4.69) is 9.71 Å². The van der Waals surface area contributed by atoms with Crippen LogP contribution in [0.1, 0.15) is 40.3 Å². The minimum Gasteiger partial charge on any atom is -0.494 e. The van der Waals surface area contributed by atoms with Crippen LogP contribution >= 0.6 is 0 Å². The quantitative estimate of drug-likeness (QED) is 0.447. The summed E-state index contributed by atoms with van der Waals surface area (Å²) >= 11 is 0. The number of carbonyl (C=O) groups is 2. The first-order valence-corrected chi connectivity index (χ1v) is 12.3. The monoisotopic (exact) mass is 499 g/mol. The van der Waals surface area contributed by atoms with Gasteiger partial charge in [0.1, 0.15) is 23.0 Å². The van der Waals surface area contributed by atoms with E-state index in [1.807, 2.05) is 0 Å². The first-order chi connectivity index (χ1) is 16.7. The number of anilines is 1. The number of carbonyl (C=O) groups excluding carboxylic acids is 2. The largest absolute Gasteiger partial charge is 0.494 e. The average molecular weight is 500 g/mol. The lowest BCUT2D eigenvalue weighted by atomic mass is 10.2. The molecule has 0 bridgehead atoms. The fraction of sp³-hybridized carbons (Fsp3) is 0.208. The molecule has 0 saturated heterocycles. The Bertz CT molecular complexity index is 1380. The van der Waals surface area contributed by atoms with Gasteiger partial charge in [0.25, 0.3) is 21.8 Å². The lowest BCUT2D eigenvalue weighted by Crippen LogP contribution is -2.30. The van der Waals surface area contributed by atoms with Crippen LogP contribution < -0.4 is 14.2 Å². The van der Waals surface area contributed by atoms with Crippen molar-refractivity contribution in [3.63, 3.8) is 0 Å². The Morgan fingerprint density at radius 3 is 2.49 bits per heavy atom. The van der Waals surface area contributed by atoms with E-state index < -0.39 is 32.6 Å². The number of sulfonamides is 1. The van der Waals surface area contributed by atoms with Crippen molar-refractivity contribution < 1.29 is 31.9 Å². The Morgan fingerprint density at radius 1 is 1.00 bits per heavy atom. The van der Waals surface area contributed by atoms with Gasteiger partial charge in [-0.15, -0.1) is 0 Å². The van der Waals surface area contributed by atoms with Crippen molar-refractivity contribution in [3.8, 4) is 11.5 Å². The number of amides is 2.